The highest BCUT2D eigenvalue weighted by atomic mass is 79.9. The molecule has 19 heavy (non-hydrogen) atoms. The third-order valence-corrected chi connectivity index (χ3v) is 4.03. The van der Waals surface area contributed by atoms with Gasteiger partial charge in [-0.15, -0.1) is 0 Å². The van der Waals surface area contributed by atoms with Crippen LogP contribution in [0.4, 0.5) is 0 Å². The van der Waals surface area contributed by atoms with Gasteiger partial charge in [0.1, 0.15) is 16.7 Å². The van der Waals surface area contributed by atoms with Crippen LogP contribution in [0.2, 0.25) is 0 Å². The first-order valence-electron chi connectivity index (χ1n) is 5.38. The lowest BCUT2D eigenvalue weighted by Crippen LogP contribution is -2.17. The second-order valence-electron chi connectivity index (χ2n) is 3.64. The van der Waals surface area contributed by atoms with Crippen LogP contribution in [-0.2, 0) is 4.79 Å². The summed E-state index contributed by atoms with van der Waals surface area (Å²) in [5, 5.41) is 2.58. The van der Waals surface area contributed by atoms with Crippen molar-refractivity contribution in [3.63, 3.8) is 0 Å². The molecule has 0 aliphatic carbocycles. The predicted octanol–water partition coefficient (Wildman–Crippen LogP) is 3.50. The third-order valence-electron chi connectivity index (χ3n) is 2.25. The number of halogens is 1. The molecule has 1 heterocycles. The summed E-state index contributed by atoms with van der Waals surface area (Å²) in [6, 6.07) is 5.61. The standard InChI is InChI=1S/C13H10BrNO2S2/c1-2-5-17-10-4-3-8(6-9(10)14)7-11-12(16)15-13(18)19-11/h2-4,6-7H,1,5H2,(H,15,16,18). The maximum absolute atomic E-state index is 11.5. The maximum atomic E-state index is 11.5. The van der Waals surface area contributed by atoms with Gasteiger partial charge in [-0.1, -0.05) is 42.7 Å². The molecule has 1 aromatic carbocycles. The molecule has 1 aliphatic heterocycles. The molecule has 0 bridgehead atoms. The van der Waals surface area contributed by atoms with Crippen molar-refractivity contribution in [1.82, 2.24) is 5.32 Å². The molecule has 1 fully saturated rings. The van der Waals surface area contributed by atoms with E-state index < -0.39 is 0 Å². The molecule has 0 spiro atoms. The summed E-state index contributed by atoms with van der Waals surface area (Å²) in [5.74, 6) is 0.583. The molecule has 0 aromatic heterocycles. The largest absolute Gasteiger partial charge is 0.488 e. The molecule has 1 aliphatic rings. The molecular formula is C13H10BrNO2S2. The topological polar surface area (TPSA) is 38.3 Å². The smallest absolute Gasteiger partial charge is 0.263 e. The molecule has 98 valence electrons. The molecule has 2 rings (SSSR count). The predicted molar refractivity (Wildman–Crippen MR) is 86.1 cm³/mol. The quantitative estimate of drug-likeness (QED) is 0.509. The minimum Gasteiger partial charge on any atom is -0.488 e. The third kappa shape index (κ3) is 3.68. The minimum absolute atomic E-state index is 0.155. The van der Waals surface area contributed by atoms with Crippen LogP contribution in [0.5, 0.6) is 5.75 Å². The molecule has 0 atom stereocenters. The van der Waals surface area contributed by atoms with Crippen molar-refractivity contribution in [2.75, 3.05) is 6.61 Å². The van der Waals surface area contributed by atoms with E-state index in [2.05, 4.69) is 27.8 Å². The Balaban J connectivity index is 2.20. The van der Waals surface area contributed by atoms with Gasteiger partial charge in [-0.2, -0.15) is 0 Å². The van der Waals surface area contributed by atoms with Gasteiger partial charge in [-0.05, 0) is 39.7 Å². The zero-order valence-corrected chi connectivity index (χ0v) is 13.0. The summed E-state index contributed by atoms with van der Waals surface area (Å²) in [6.45, 7) is 4.05. The highest BCUT2D eigenvalue weighted by molar-refractivity contribution is 9.10. The number of thioether (sulfide) groups is 1. The van der Waals surface area contributed by atoms with Crippen LogP contribution in [0.1, 0.15) is 5.56 Å². The first-order valence-corrected chi connectivity index (χ1v) is 7.40. The molecule has 6 heteroatoms. The fraction of sp³-hybridized carbons (Fsp3) is 0.0769. The van der Waals surface area contributed by atoms with Crippen molar-refractivity contribution in [2.45, 2.75) is 0 Å². The van der Waals surface area contributed by atoms with Crippen LogP contribution in [0.3, 0.4) is 0 Å². The van der Waals surface area contributed by atoms with Gasteiger partial charge in [0.05, 0.1) is 9.38 Å². The number of ether oxygens (including phenoxy) is 1. The molecule has 0 radical (unpaired) electrons. The summed E-state index contributed by atoms with van der Waals surface area (Å²) in [6.07, 6.45) is 3.48. The lowest BCUT2D eigenvalue weighted by atomic mass is 10.2. The fourth-order valence-corrected chi connectivity index (χ4v) is 3.00. The second-order valence-corrected chi connectivity index (χ2v) is 6.21. The normalized spacial score (nSPS) is 16.6. The lowest BCUT2D eigenvalue weighted by Gasteiger charge is -2.06. The van der Waals surface area contributed by atoms with E-state index in [-0.39, 0.29) is 5.91 Å². The first-order chi connectivity index (χ1) is 9.10. The summed E-state index contributed by atoms with van der Waals surface area (Å²) in [5.41, 5.74) is 0.903. The first kappa shape index (κ1) is 14.3. The molecule has 1 saturated heterocycles. The van der Waals surface area contributed by atoms with Crippen molar-refractivity contribution in [1.29, 1.82) is 0 Å². The Labute approximate surface area is 129 Å². The summed E-state index contributed by atoms with van der Waals surface area (Å²) in [4.78, 5) is 12.1. The zero-order valence-electron chi connectivity index (χ0n) is 9.81. The summed E-state index contributed by atoms with van der Waals surface area (Å²) in [7, 11) is 0. The number of carbonyl (C=O) groups excluding carboxylic acids is 1. The van der Waals surface area contributed by atoms with Crippen LogP contribution in [0, 0.1) is 0 Å². The van der Waals surface area contributed by atoms with Crippen molar-refractivity contribution in [3.05, 3.63) is 45.8 Å². The fourth-order valence-electron chi connectivity index (χ4n) is 1.45. The van der Waals surface area contributed by atoms with E-state index in [1.807, 2.05) is 18.2 Å². The number of carbonyl (C=O) groups is 1. The monoisotopic (exact) mass is 355 g/mol. The second kappa shape index (κ2) is 6.36. The van der Waals surface area contributed by atoms with Crippen LogP contribution < -0.4 is 10.1 Å². The molecule has 1 amide bonds. The van der Waals surface area contributed by atoms with Crippen LogP contribution in [0.25, 0.3) is 6.08 Å². The van der Waals surface area contributed by atoms with E-state index >= 15 is 0 Å². The summed E-state index contributed by atoms with van der Waals surface area (Å²) >= 11 is 9.63. The van der Waals surface area contributed by atoms with Crippen molar-refractivity contribution >= 4 is 56.2 Å². The number of amides is 1. The van der Waals surface area contributed by atoms with Gasteiger partial charge < -0.3 is 10.1 Å². The van der Waals surface area contributed by atoms with Crippen molar-refractivity contribution in [2.24, 2.45) is 0 Å². The summed E-state index contributed by atoms with van der Waals surface area (Å²) < 4.78 is 6.77. The maximum Gasteiger partial charge on any atom is 0.263 e. The average molecular weight is 356 g/mol. The van der Waals surface area contributed by atoms with E-state index in [1.54, 1.807) is 12.2 Å². The Morgan fingerprint density at radius 1 is 1.53 bits per heavy atom. The molecule has 1 aromatic rings. The van der Waals surface area contributed by atoms with E-state index in [0.29, 0.717) is 15.8 Å². The Kier molecular flexibility index (Phi) is 4.79. The van der Waals surface area contributed by atoms with Gasteiger partial charge in [-0.25, -0.2) is 0 Å². The molecule has 0 saturated carbocycles. The van der Waals surface area contributed by atoms with Gasteiger partial charge in [0.25, 0.3) is 5.91 Å². The lowest BCUT2D eigenvalue weighted by molar-refractivity contribution is -0.115. The van der Waals surface area contributed by atoms with Crippen LogP contribution in [-0.4, -0.2) is 16.8 Å². The molecular weight excluding hydrogens is 346 g/mol. The van der Waals surface area contributed by atoms with E-state index in [4.69, 9.17) is 17.0 Å². The number of hydrogen-bond donors (Lipinski definition) is 1. The number of rotatable bonds is 4. The number of hydrogen-bond acceptors (Lipinski definition) is 4. The molecule has 3 nitrogen and oxygen atoms in total. The Morgan fingerprint density at radius 3 is 2.89 bits per heavy atom. The van der Waals surface area contributed by atoms with Gasteiger partial charge in [0.15, 0.2) is 0 Å². The van der Waals surface area contributed by atoms with Gasteiger partial charge >= 0.3 is 0 Å². The van der Waals surface area contributed by atoms with Gasteiger partial charge in [0, 0.05) is 0 Å². The van der Waals surface area contributed by atoms with E-state index in [1.165, 1.54) is 11.8 Å². The van der Waals surface area contributed by atoms with Crippen molar-refractivity contribution in [3.8, 4) is 5.75 Å². The number of benzene rings is 1. The average Bonchev–Trinajstić information content (AvgIpc) is 2.67. The Morgan fingerprint density at radius 2 is 2.32 bits per heavy atom. The molecule has 1 N–H and O–H groups in total. The van der Waals surface area contributed by atoms with E-state index in [9.17, 15) is 4.79 Å². The minimum atomic E-state index is -0.155. The number of thiocarbonyl (C=S) groups is 1. The van der Waals surface area contributed by atoms with Crippen LogP contribution in [0.15, 0.2) is 40.2 Å². The Bertz CT molecular complexity index is 584. The Hall–Kier alpha value is -1.11. The van der Waals surface area contributed by atoms with Crippen molar-refractivity contribution < 1.29 is 9.53 Å². The number of nitrogens with one attached hydrogen (secondary N) is 1. The molecule has 0 unspecified atom stereocenters. The van der Waals surface area contributed by atoms with E-state index in [0.717, 1.165) is 15.8 Å². The van der Waals surface area contributed by atoms with Crippen LogP contribution >= 0.6 is 39.9 Å². The van der Waals surface area contributed by atoms with Gasteiger partial charge in [-0.3, -0.25) is 4.79 Å². The van der Waals surface area contributed by atoms with Gasteiger partial charge in [0.2, 0.25) is 0 Å². The SMILES string of the molecule is C=CCOc1ccc(C=C2SC(=S)NC2=O)cc1Br. The highest BCUT2D eigenvalue weighted by Gasteiger charge is 2.21. The highest BCUT2D eigenvalue weighted by Crippen LogP contribution is 2.30. The zero-order chi connectivity index (χ0) is 13.8.